The van der Waals surface area contributed by atoms with Crippen LogP contribution in [0.2, 0.25) is 0 Å². The van der Waals surface area contributed by atoms with Gasteiger partial charge in [0.25, 0.3) is 11.8 Å². The first-order chi connectivity index (χ1) is 64.1. The molecule has 0 aromatic heterocycles. The largest absolute Gasteiger partial charge is 0.480 e. The highest BCUT2D eigenvalue weighted by atomic mass is 16.6. The summed E-state index contributed by atoms with van der Waals surface area (Å²) < 4.78 is 85.2. The minimum absolute atomic E-state index is 0.00448. The lowest BCUT2D eigenvalue weighted by atomic mass is 9.90. The van der Waals surface area contributed by atoms with Crippen LogP contribution >= 0.6 is 0 Å². The molecule has 740 valence electrons. The zero-order chi connectivity index (χ0) is 95.1. The Kier molecular flexibility index (Phi) is 61.5. The van der Waals surface area contributed by atoms with Crippen LogP contribution in [0.5, 0.6) is 0 Å². The molecule has 2 aromatic rings. The fraction of sp³-hybridized carbons (Fsp3) is 0.663. The number of carboxylic acid groups (broad SMARTS) is 2. The number of hydrogen-bond acceptors (Lipinski definition) is 32. The average molecular weight is 1880 g/mol. The Labute approximate surface area is 767 Å². The molecule has 3 aliphatic rings. The lowest BCUT2D eigenvalue weighted by Crippen LogP contribution is -2.52. The van der Waals surface area contributed by atoms with Crippen molar-refractivity contribution < 1.29 is 153 Å². The van der Waals surface area contributed by atoms with E-state index in [9.17, 15) is 71.9 Å². The second kappa shape index (κ2) is 72.3. The predicted octanol–water partition coefficient (Wildman–Crippen LogP) is -5.40. The van der Waals surface area contributed by atoms with Crippen LogP contribution in [0.15, 0.2) is 72.8 Å². The number of carbonyl (C=O) groups excluding carboxylic acids is 13. The number of nitrogens with one attached hydrogen (secondary N) is 10. The quantitative estimate of drug-likeness (QED) is 0.0167. The molecule has 13 amide bonds. The van der Waals surface area contributed by atoms with E-state index in [-0.39, 0.29) is 154 Å². The third-order valence-electron chi connectivity index (χ3n) is 19.7. The van der Waals surface area contributed by atoms with Gasteiger partial charge < -0.3 is 139 Å². The summed E-state index contributed by atoms with van der Waals surface area (Å²) in [5.74, 6) is -9.38. The zero-order valence-corrected chi connectivity index (χ0v) is 75.1. The van der Waals surface area contributed by atoms with Gasteiger partial charge in [-0.2, -0.15) is 0 Å². The minimum atomic E-state index is -1.27. The molecule has 1 aliphatic carbocycles. The van der Waals surface area contributed by atoms with Crippen molar-refractivity contribution in [1.82, 2.24) is 72.8 Å². The van der Waals surface area contributed by atoms with Crippen LogP contribution in [0, 0.1) is 0 Å². The van der Waals surface area contributed by atoms with E-state index in [4.69, 9.17) is 81.3 Å². The Bertz CT molecular complexity index is 3680. The molecule has 2 atom stereocenters. The number of nitrogens with zero attached hydrogens (tertiary/aromatic N) is 4. The van der Waals surface area contributed by atoms with Crippen molar-refractivity contribution in [2.45, 2.75) is 82.0 Å². The molecule has 5 rings (SSSR count). The first kappa shape index (κ1) is 112. The Morgan fingerprint density at radius 3 is 1.19 bits per heavy atom. The van der Waals surface area contributed by atoms with Crippen LogP contribution in [0.1, 0.15) is 56.1 Å². The van der Waals surface area contributed by atoms with Crippen LogP contribution in [0.4, 0.5) is 0 Å². The number of amides is 13. The fourth-order valence-electron chi connectivity index (χ4n) is 12.7. The van der Waals surface area contributed by atoms with Crippen LogP contribution in [-0.2, 0) is 156 Å². The third-order valence-corrected chi connectivity index (χ3v) is 19.7. The van der Waals surface area contributed by atoms with Gasteiger partial charge >= 0.3 is 11.9 Å². The van der Waals surface area contributed by atoms with E-state index in [1.165, 1.54) is 12.2 Å². The Balaban J connectivity index is 0.995. The first-order valence-electron chi connectivity index (χ1n) is 44.3. The fourth-order valence-corrected chi connectivity index (χ4v) is 12.7. The molecule has 2 fully saturated rings. The van der Waals surface area contributed by atoms with Crippen molar-refractivity contribution in [3.63, 3.8) is 0 Å². The molecular weight excluding hydrogens is 1740 g/mol. The number of imide groups is 1. The molecule has 132 heavy (non-hydrogen) atoms. The Morgan fingerprint density at radius 2 is 0.750 bits per heavy atom. The molecule has 12 N–H and O–H groups in total. The molecule has 46 nitrogen and oxygen atoms in total. The third kappa shape index (κ3) is 56.6. The van der Waals surface area contributed by atoms with Gasteiger partial charge in [0.2, 0.25) is 65.0 Å². The van der Waals surface area contributed by atoms with E-state index >= 15 is 0 Å². The van der Waals surface area contributed by atoms with Crippen molar-refractivity contribution >= 4 is 88.7 Å². The summed E-state index contributed by atoms with van der Waals surface area (Å²) in [6, 6.07) is 15.2. The lowest BCUT2D eigenvalue weighted by Gasteiger charge is -2.37. The number of carboxylic acids is 2. The molecule has 0 radical (unpaired) electrons. The molecule has 2 aromatic carbocycles. The summed E-state index contributed by atoms with van der Waals surface area (Å²) >= 11 is 0. The topological polar surface area (TPSA) is 568 Å². The Morgan fingerprint density at radius 1 is 0.379 bits per heavy atom. The van der Waals surface area contributed by atoms with E-state index in [0.29, 0.717) is 176 Å². The molecule has 0 spiro atoms. The summed E-state index contributed by atoms with van der Waals surface area (Å²) in [4.78, 5) is 193. The molecular formula is C86H134N14O32. The van der Waals surface area contributed by atoms with Crippen LogP contribution < -0.4 is 53.2 Å². The van der Waals surface area contributed by atoms with Crippen LogP contribution in [0.25, 0.3) is 0 Å². The van der Waals surface area contributed by atoms with Gasteiger partial charge in [-0.15, -0.1) is 0 Å². The second-order valence-corrected chi connectivity index (χ2v) is 29.8. The number of hydrogen-bond donors (Lipinski definition) is 12. The monoisotopic (exact) mass is 1870 g/mol. The maximum atomic E-state index is 13.8. The van der Waals surface area contributed by atoms with Crippen LogP contribution in [0.3, 0.4) is 0 Å². The minimum Gasteiger partial charge on any atom is -0.480 e. The van der Waals surface area contributed by atoms with Gasteiger partial charge in [0, 0.05) is 89.2 Å². The van der Waals surface area contributed by atoms with Crippen molar-refractivity contribution in [2.75, 3.05) is 290 Å². The highest BCUT2D eigenvalue weighted by Crippen LogP contribution is 2.24. The van der Waals surface area contributed by atoms with Gasteiger partial charge in [0.1, 0.15) is 32.0 Å². The van der Waals surface area contributed by atoms with Crippen molar-refractivity contribution in [1.29, 1.82) is 0 Å². The van der Waals surface area contributed by atoms with Crippen molar-refractivity contribution in [2.24, 2.45) is 0 Å². The number of aliphatic carboxylic acids is 2. The van der Waals surface area contributed by atoms with E-state index in [2.05, 4.69) is 58.1 Å². The SMILES string of the molecule is O=C(O)CNC(=O)[C@H](Cc1ccccc1)NC(=O)CNC(=O)CNC(=O)CCOCCOCCN(CCOCCOCCC(=O)NCC(=O)NCC(=O)N[C@@H](Cc1ccccc1)C(=O)NCC(=O)NCOCC(=O)O)C1CCC(NC(=O)CN2CCOCCOCCOCCN(C(=O)CCOCCOCCOCCOCCN3C(=O)C=CC3=O)CCOCCOCCOCC2)CC1. The smallest absolute Gasteiger partial charge is 0.329 e. The molecule has 46 heteroatoms. The number of ether oxygens (including phenoxy) is 15. The van der Waals surface area contributed by atoms with Gasteiger partial charge in [-0.1, -0.05) is 60.7 Å². The van der Waals surface area contributed by atoms with Gasteiger partial charge in [-0.25, -0.2) is 4.79 Å². The molecule has 1 saturated carbocycles. The maximum Gasteiger partial charge on any atom is 0.329 e. The zero-order valence-electron chi connectivity index (χ0n) is 75.1. The van der Waals surface area contributed by atoms with Gasteiger partial charge in [0.05, 0.1) is 237 Å². The first-order valence-corrected chi connectivity index (χ1v) is 44.3. The Hall–Kier alpha value is -10.2. The van der Waals surface area contributed by atoms with Crippen molar-refractivity contribution in [3.05, 3.63) is 83.9 Å². The molecule has 2 aliphatic heterocycles. The average Bonchev–Trinajstić information content (AvgIpc) is 1.27. The summed E-state index contributed by atoms with van der Waals surface area (Å²) in [5.41, 5.74) is 1.39. The number of carbonyl (C=O) groups is 15. The maximum absolute atomic E-state index is 13.8. The van der Waals surface area contributed by atoms with Gasteiger partial charge in [-0.3, -0.25) is 81.8 Å². The van der Waals surface area contributed by atoms with Crippen molar-refractivity contribution in [3.8, 4) is 0 Å². The highest BCUT2D eigenvalue weighted by Gasteiger charge is 2.30. The summed E-state index contributed by atoms with van der Waals surface area (Å²) in [6.07, 6.45) is 5.43. The van der Waals surface area contributed by atoms with E-state index < -0.39 is 130 Å². The second-order valence-electron chi connectivity index (χ2n) is 29.8. The predicted molar refractivity (Wildman–Crippen MR) is 466 cm³/mol. The summed E-state index contributed by atoms with van der Waals surface area (Å²) in [5, 5.41) is 42.7. The standard InChI is InChI=1S/C86H134N14O32/c101-72(87-57-74(103)89-60-77(106)95-70(55-66-7-3-1-4-8-66)85(116)91-59-76(105)93-65-132-64-84(114)115)17-27-118-37-40-123-32-22-98(23-33-124-41-38-119-28-18-73(102)88-58-75(104)90-61-78(107)96-71(86(117)92-62-83(112)113)56-67-9-5-2-6-10-67)69-13-11-68(12-14-69)94-79(108)63-97-20-30-121-42-48-129-50-44-125-34-24-99(25-35-126-45-51-130-49-43-122-31-21-97)80(109)19-29-120-39-47-128-53-54-131-52-46-127-36-26-100-81(110)15-16-82(100)111/h1-10,15-16,68-71H,11-14,17-65H2,(H,87,101)(H,88,102)(H,89,103)(H,90,104)(H,91,116)(H,92,117)(H,93,105)(H,94,108)(H,95,106)(H,96,107)(H,112,113)(H,114,115)/t68?,69?,70-,71-/m0/s1. The van der Waals surface area contributed by atoms with E-state index in [1.807, 2.05) is 4.90 Å². The number of benzene rings is 2. The van der Waals surface area contributed by atoms with Gasteiger partial charge in [0.15, 0.2) is 0 Å². The molecule has 1 saturated heterocycles. The number of rotatable bonds is 61. The molecule has 0 bridgehead atoms. The summed E-state index contributed by atoms with van der Waals surface area (Å²) in [7, 11) is 0. The van der Waals surface area contributed by atoms with E-state index in [0.717, 1.165) is 17.7 Å². The van der Waals surface area contributed by atoms with E-state index in [1.54, 1.807) is 65.6 Å². The van der Waals surface area contributed by atoms with Crippen LogP contribution in [-0.4, -0.2) is 433 Å². The molecule has 2 heterocycles. The lowest BCUT2D eigenvalue weighted by molar-refractivity contribution is -0.143. The van der Waals surface area contributed by atoms with Gasteiger partial charge in [-0.05, 0) is 36.8 Å². The summed E-state index contributed by atoms with van der Waals surface area (Å²) in [6.45, 7) is 6.01. The molecule has 0 unspecified atom stereocenters. The highest BCUT2D eigenvalue weighted by molar-refractivity contribution is 6.12. The normalized spacial score (nSPS) is 16.5.